The van der Waals surface area contributed by atoms with Gasteiger partial charge in [-0.25, -0.2) is 0 Å². The van der Waals surface area contributed by atoms with Gasteiger partial charge >= 0.3 is 0 Å². The first-order chi connectivity index (χ1) is 6.27. The van der Waals surface area contributed by atoms with Crippen LogP contribution in [0.3, 0.4) is 0 Å². The number of hydrogen-bond acceptors (Lipinski definition) is 2. The Bertz CT molecular complexity index is 418. The number of rotatable bonds is 1. The fraction of sp³-hybridized carbons (Fsp3) is 0.182. The van der Waals surface area contributed by atoms with E-state index in [-0.39, 0.29) is 0 Å². The second-order valence-electron chi connectivity index (χ2n) is 3.11. The second-order valence-corrected chi connectivity index (χ2v) is 3.11. The molecule has 0 saturated carbocycles. The van der Waals surface area contributed by atoms with E-state index < -0.39 is 0 Å². The van der Waals surface area contributed by atoms with Crippen LogP contribution >= 0.6 is 0 Å². The van der Waals surface area contributed by atoms with E-state index in [1.165, 1.54) is 5.56 Å². The van der Waals surface area contributed by atoms with Gasteiger partial charge in [-0.05, 0) is 37.6 Å². The summed E-state index contributed by atoms with van der Waals surface area (Å²) in [6.07, 6.45) is 3.51. The van der Waals surface area contributed by atoms with Crippen LogP contribution in [0.5, 0.6) is 0 Å². The molecule has 2 aromatic rings. The van der Waals surface area contributed by atoms with Gasteiger partial charge in [-0.3, -0.25) is 4.98 Å². The van der Waals surface area contributed by atoms with Crippen molar-refractivity contribution in [3.63, 3.8) is 0 Å². The molecule has 0 amide bonds. The highest BCUT2D eigenvalue weighted by Gasteiger charge is 2.04. The SMILES string of the molecule is Cc1ccnc(-c2ccoc2C)c1. The third kappa shape index (κ3) is 1.47. The lowest BCUT2D eigenvalue weighted by atomic mass is 10.1. The maximum Gasteiger partial charge on any atom is 0.110 e. The topological polar surface area (TPSA) is 26.0 Å². The van der Waals surface area contributed by atoms with Gasteiger partial charge in [0.15, 0.2) is 0 Å². The van der Waals surface area contributed by atoms with Gasteiger partial charge in [0.25, 0.3) is 0 Å². The molecule has 2 heterocycles. The fourth-order valence-electron chi connectivity index (χ4n) is 1.33. The molecule has 66 valence electrons. The molecule has 0 radical (unpaired) electrons. The maximum atomic E-state index is 5.22. The summed E-state index contributed by atoms with van der Waals surface area (Å²) in [6, 6.07) is 5.98. The fourth-order valence-corrected chi connectivity index (χ4v) is 1.33. The molecule has 0 aromatic carbocycles. The number of pyridine rings is 1. The lowest BCUT2D eigenvalue weighted by molar-refractivity contribution is 0.535. The Hall–Kier alpha value is -1.57. The normalized spacial score (nSPS) is 10.3. The first kappa shape index (κ1) is 8.05. The van der Waals surface area contributed by atoms with Crippen LogP contribution in [0.2, 0.25) is 0 Å². The van der Waals surface area contributed by atoms with Gasteiger partial charge in [0.2, 0.25) is 0 Å². The van der Waals surface area contributed by atoms with E-state index in [1.54, 1.807) is 6.26 Å². The van der Waals surface area contributed by atoms with E-state index in [1.807, 2.05) is 25.3 Å². The van der Waals surface area contributed by atoms with Crippen LogP contribution in [0.15, 0.2) is 35.1 Å². The van der Waals surface area contributed by atoms with Gasteiger partial charge in [0, 0.05) is 11.8 Å². The maximum absolute atomic E-state index is 5.22. The highest BCUT2D eigenvalue weighted by molar-refractivity contribution is 5.61. The molecule has 2 rings (SSSR count). The quantitative estimate of drug-likeness (QED) is 0.662. The van der Waals surface area contributed by atoms with Gasteiger partial charge in [0.05, 0.1) is 12.0 Å². The first-order valence-electron chi connectivity index (χ1n) is 4.24. The standard InChI is InChI=1S/C11H11NO/c1-8-3-5-12-11(7-8)10-4-6-13-9(10)2/h3-7H,1-2H3. The Kier molecular flexibility index (Phi) is 1.89. The molecule has 0 aliphatic rings. The van der Waals surface area contributed by atoms with Crippen LogP contribution in [0.4, 0.5) is 0 Å². The van der Waals surface area contributed by atoms with Crippen LogP contribution in [-0.4, -0.2) is 4.98 Å². The number of aromatic nitrogens is 1. The van der Waals surface area contributed by atoms with Crippen LogP contribution in [0.25, 0.3) is 11.3 Å². The van der Waals surface area contributed by atoms with Crippen molar-refractivity contribution in [2.24, 2.45) is 0 Å². The molecule has 0 bridgehead atoms. The monoisotopic (exact) mass is 173 g/mol. The zero-order valence-electron chi connectivity index (χ0n) is 7.74. The summed E-state index contributed by atoms with van der Waals surface area (Å²) in [6.45, 7) is 4.00. The highest BCUT2D eigenvalue weighted by atomic mass is 16.3. The zero-order valence-corrected chi connectivity index (χ0v) is 7.74. The summed E-state index contributed by atoms with van der Waals surface area (Å²) in [7, 11) is 0. The molecule has 13 heavy (non-hydrogen) atoms. The van der Waals surface area contributed by atoms with Gasteiger partial charge < -0.3 is 4.42 Å². The summed E-state index contributed by atoms with van der Waals surface area (Å²) < 4.78 is 5.22. The summed E-state index contributed by atoms with van der Waals surface area (Å²) in [5.41, 5.74) is 3.26. The first-order valence-corrected chi connectivity index (χ1v) is 4.24. The average molecular weight is 173 g/mol. The van der Waals surface area contributed by atoms with Gasteiger partial charge in [-0.2, -0.15) is 0 Å². The molecule has 0 unspecified atom stereocenters. The Morgan fingerprint density at radius 2 is 2.08 bits per heavy atom. The molecule has 0 aliphatic carbocycles. The Morgan fingerprint density at radius 3 is 2.69 bits per heavy atom. The van der Waals surface area contributed by atoms with Crippen LogP contribution in [0.1, 0.15) is 11.3 Å². The van der Waals surface area contributed by atoms with Crippen LogP contribution in [-0.2, 0) is 0 Å². The van der Waals surface area contributed by atoms with E-state index in [0.29, 0.717) is 0 Å². The minimum Gasteiger partial charge on any atom is -0.469 e. The third-order valence-corrected chi connectivity index (χ3v) is 2.05. The molecule has 2 nitrogen and oxygen atoms in total. The van der Waals surface area contributed by atoms with Crippen molar-refractivity contribution >= 4 is 0 Å². The van der Waals surface area contributed by atoms with Crippen molar-refractivity contribution in [1.29, 1.82) is 0 Å². The zero-order chi connectivity index (χ0) is 9.26. The molecule has 0 spiro atoms. The number of furan rings is 1. The largest absolute Gasteiger partial charge is 0.469 e. The number of aryl methyl sites for hydroxylation is 2. The Balaban J connectivity index is 2.53. The van der Waals surface area contributed by atoms with Gasteiger partial charge in [0.1, 0.15) is 5.76 Å². The lowest BCUT2D eigenvalue weighted by Gasteiger charge is -1.98. The lowest BCUT2D eigenvalue weighted by Crippen LogP contribution is -1.83. The van der Waals surface area contributed by atoms with E-state index >= 15 is 0 Å². The second kappa shape index (κ2) is 3.05. The third-order valence-electron chi connectivity index (χ3n) is 2.05. The summed E-state index contributed by atoms with van der Waals surface area (Å²) in [5, 5.41) is 0. The molecule has 2 heteroatoms. The molecular weight excluding hydrogens is 162 g/mol. The van der Waals surface area contributed by atoms with E-state index in [2.05, 4.69) is 18.0 Å². The van der Waals surface area contributed by atoms with Crippen molar-refractivity contribution in [3.05, 3.63) is 42.0 Å². The average Bonchev–Trinajstić information content (AvgIpc) is 2.51. The van der Waals surface area contributed by atoms with Crippen molar-refractivity contribution in [1.82, 2.24) is 4.98 Å². The summed E-state index contributed by atoms with van der Waals surface area (Å²) >= 11 is 0. The van der Waals surface area contributed by atoms with Gasteiger partial charge in [-0.15, -0.1) is 0 Å². The van der Waals surface area contributed by atoms with Crippen molar-refractivity contribution in [2.45, 2.75) is 13.8 Å². The smallest absolute Gasteiger partial charge is 0.110 e. The molecule has 0 fully saturated rings. The van der Waals surface area contributed by atoms with E-state index in [0.717, 1.165) is 17.0 Å². The Morgan fingerprint density at radius 1 is 1.23 bits per heavy atom. The van der Waals surface area contributed by atoms with Crippen molar-refractivity contribution in [3.8, 4) is 11.3 Å². The minimum atomic E-state index is 0.915. The van der Waals surface area contributed by atoms with Crippen molar-refractivity contribution in [2.75, 3.05) is 0 Å². The van der Waals surface area contributed by atoms with E-state index in [9.17, 15) is 0 Å². The molecule has 0 saturated heterocycles. The predicted molar refractivity (Wildman–Crippen MR) is 51.4 cm³/mol. The molecule has 0 N–H and O–H groups in total. The Labute approximate surface area is 77.2 Å². The molecular formula is C11H11NO. The van der Waals surface area contributed by atoms with Crippen LogP contribution in [0, 0.1) is 13.8 Å². The summed E-state index contributed by atoms with van der Waals surface area (Å²) in [4.78, 5) is 4.28. The van der Waals surface area contributed by atoms with Crippen LogP contribution < -0.4 is 0 Å². The summed E-state index contributed by atoms with van der Waals surface area (Å²) in [5.74, 6) is 0.915. The van der Waals surface area contributed by atoms with Gasteiger partial charge in [-0.1, -0.05) is 0 Å². The predicted octanol–water partition coefficient (Wildman–Crippen LogP) is 2.96. The number of hydrogen-bond donors (Lipinski definition) is 0. The van der Waals surface area contributed by atoms with Crippen molar-refractivity contribution < 1.29 is 4.42 Å². The molecule has 0 atom stereocenters. The number of nitrogens with zero attached hydrogens (tertiary/aromatic N) is 1. The highest BCUT2D eigenvalue weighted by Crippen LogP contribution is 2.22. The molecule has 0 aliphatic heterocycles. The minimum absolute atomic E-state index is 0.915. The van der Waals surface area contributed by atoms with E-state index in [4.69, 9.17) is 4.42 Å². The molecule has 2 aromatic heterocycles.